The molecule has 0 saturated heterocycles. The summed E-state index contributed by atoms with van der Waals surface area (Å²) in [7, 11) is 3.19. The number of hydrogen-bond donors (Lipinski definition) is 6. The summed E-state index contributed by atoms with van der Waals surface area (Å²) in [6.07, 6.45) is -2.03. The van der Waals surface area contributed by atoms with E-state index in [0.29, 0.717) is 24.6 Å². The highest BCUT2D eigenvalue weighted by Crippen LogP contribution is 2.42. The predicted octanol–water partition coefficient (Wildman–Crippen LogP) is 10.2. The van der Waals surface area contributed by atoms with Crippen LogP contribution in [0.15, 0.2) is 75.4 Å². The largest absolute Gasteiger partial charge is 0.494 e. The zero-order valence-electron chi connectivity index (χ0n) is 32.3. The molecule has 0 bridgehead atoms. The smallest absolute Gasteiger partial charge is 0.490 e. The minimum absolute atomic E-state index is 0.157. The fourth-order valence-electron chi connectivity index (χ4n) is 4.45. The van der Waals surface area contributed by atoms with Gasteiger partial charge in [-0.05, 0) is 125 Å². The minimum atomic E-state index is -5.08. The molecule has 0 unspecified atom stereocenters. The molecule has 3 rings (SSSR count). The average Bonchev–Trinajstić information content (AvgIpc) is 3.17. The van der Waals surface area contributed by atoms with Crippen molar-refractivity contribution in [3.05, 3.63) is 97.6 Å². The number of nitrogens with one attached hydrogen (secondary N) is 4. The molecular formula is C38H38Br6F6N4O8. The van der Waals surface area contributed by atoms with Crippen molar-refractivity contribution in [2.24, 2.45) is 0 Å². The number of ether oxygens (including phenoxy) is 2. The van der Waals surface area contributed by atoms with Crippen molar-refractivity contribution in [1.82, 2.24) is 21.3 Å². The van der Waals surface area contributed by atoms with Crippen LogP contribution in [0, 0.1) is 0 Å². The summed E-state index contributed by atoms with van der Waals surface area (Å²) in [4.78, 5) is 42.4. The number of halogens is 12. The molecule has 62 heavy (non-hydrogen) atoms. The number of hydrogen-bond acceptors (Lipinski definition) is 8. The Hall–Kier alpha value is -3.00. The second-order valence-electron chi connectivity index (χ2n) is 11.9. The third-order valence-electron chi connectivity index (χ3n) is 7.33. The van der Waals surface area contributed by atoms with Crippen LogP contribution >= 0.6 is 95.6 Å². The monoisotopic (exact) mass is 1270 g/mol. The molecule has 0 saturated carbocycles. The van der Waals surface area contributed by atoms with Crippen molar-refractivity contribution >= 4 is 131 Å². The van der Waals surface area contributed by atoms with Gasteiger partial charge < -0.3 is 41.0 Å². The Bertz CT molecular complexity index is 1920. The summed E-state index contributed by atoms with van der Waals surface area (Å²) >= 11 is 21.1. The van der Waals surface area contributed by atoms with Crippen LogP contribution in [-0.2, 0) is 32.3 Å². The number of carbonyl (C=O) groups is 4. The molecule has 0 aliphatic heterocycles. The molecule has 6 N–H and O–H groups in total. The fourth-order valence-corrected chi connectivity index (χ4v) is 9.87. The van der Waals surface area contributed by atoms with E-state index < -0.39 is 24.3 Å². The molecule has 0 aromatic heterocycles. The first-order valence-corrected chi connectivity index (χ1v) is 22.1. The summed E-state index contributed by atoms with van der Waals surface area (Å²) < 4.78 is 79.1. The maximum atomic E-state index is 12.3. The predicted molar refractivity (Wildman–Crippen MR) is 243 cm³/mol. The molecule has 0 atom stereocenters. The molecule has 0 aliphatic rings. The molecular weight excluding hydrogens is 1230 g/mol. The van der Waals surface area contributed by atoms with Gasteiger partial charge in [0.25, 0.3) is 0 Å². The van der Waals surface area contributed by atoms with E-state index in [2.05, 4.69) is 141 Å². The van der Waals surface area contributed by atoms with E-state index in [1.807, 2.05) is 12.1 Å². The van der Waals surface area contributed by atoms with Crippen molar-refractivity contribution in [3.8, 4) is 11.5 Å². The Morgan fingerprint density at radius 3 is 1.24 bits per heavy atom. The highest BCUT2D eigenvalue weighted by molar-refractivity contribution is 9.12. The van der Waals surface area contributed by atoms with Gasteiger partial charge in [0.1, 0.15) is 11.5 Å². The van der Waals surface area contributed by atoms with Gasteiger partial charge in [-0.1, -0.05) is 56.1 Å². The summed E-state index contributed by atoms with van der Waals surface area (Å²) in [6, 6.07) is 12.2. The van der Waals surface area contributed by atoms with Gasteiger partial charge in [-0.15, -0.1) is 0 Å². The number of aliphatic carboxylic acids is 2. The average molecular weight is 1270 g/mol. The number of carboxylic acid groups (broad SMARTS) is 2. The van der Waals surface area contributed by atoms with E-state index >= 15 is 0 Å². The van der Waals surface area contributed by atoms with Gasteiger partial charge in [0.15, 0.2) is 0 Å². The van der Waals surface area contributed by atoms with E-state index in [0.717, 1.165) is 77.0 Å². The SMILES string of the molecule is COc1c(Br)cc(Br)c(/C=C/C(=O)NCCCNCc2cccc(CNCCCNC(=O)/C=C/c3c(Br)cc(Br)c(OC)c3Br)c2)c1Br.O=C(O)C(F)(F)F.O=C(O)C(F)(F)F. The van der Waals surface area contributed by atoms with Crippen LogP contribution in [0.1, 0.15) is 35.1 Å². The first-order chi connectivity index (χ1) is 28.9. The second-order valence-corrected chi connectivity index (χ2v) is 16.9. The zero-order valence-corrected chi connectivity index (χ0v) is 41.8. The lowest BCUT2D eigenvalue weighted by Crippen LogP contribution is -2.26. The van der Waals surface area contributed by atoms with Gasteiger partial charge in [0, 0.05) is 58.4 Å². The number of carbonyl (C=O) groups excluding carboxylic acids is 2. The first kappa shape index (κ1) is 57.0. The summed E-state index contributed by atoms with van der Waals surface area (Å²) in [6.45, 7) is 4.18. The summed E-state index contributed by atoms with van der Waals surface area (Å²) in [5.74, 6) is -4.50. The molecule has 0 aliphatic carbocycles. The molecule has 24 heteroatoms. The molecule has 12 nitrogen and oxygen atoms in total. The summed E-state index contributed by atoms with van der Waals surface area (Å²) in [5, 5.41) is 27.0. The molecule has 342 valence electrons. The molecule has 0 radical (unpaired) electrons. The van der Waals surface area contributed by atoms with E-state index in [1.165, 1.54) is 23.3 Å². The van der Waals surface area contributed by atoms with E-state index in [1.54, 1.807) is 26.4 Å². The fraction of sp³-hybridized carbons (Fsp3) is 0.316. The van der Waals surface area contributed by atoms with Gasteiger partial charge in [-0.3, -0.25) is 9.59 Å². The number of alkyl halides is 6. The number of methoxy groups -OCH3 is 2. The van der Waals surface area contributed by atoms with Gasteiger partial charge in [-0.25, -0.2) is 9.59 Å². The van der Waals surface area contributed by atoms with Crippen LogP contribution in [0.3, 0.4) is 0 Å². The molecule has 3 aromatic carbocycles. The maximum absolute atomic E-state index is 12.3. The van der Waals surface area contributed by atoms with Crippen LogP contribution in [0.2, 0.25) is 0 Å². The topological polar surface area (TPSA) is 175 Å². The Kier molecular flexibility index (Phi) is 26.4. The third kappa shape index (κ3) is 21.6. The highest BCUT2D eigenvalue weighted by atomic mass is 79.9. The number of rotatable bonds is 18. The standard InChI is InChI=1S/C34H36Br6N4O4.2C2HF3O2/c1-47-33-27(37)17-25(35)23(31(33)39)8-10-29(45)43-14-4-12-41-19-21-6-3-7-22(16-21)20-42-13-5-15-44-30(46)11-9-24-26(36)18-28(38)34(48-2)32(24)40;2*3-2(4,5)1(6)7/h3,6-11,16-18,41-42H,4-5,12-15,19-20H2,1-2H3,(H,43,45)(H,44,46);2*(H,6,7)/b10-8+,11-9+;;. The van der Waals surface area contributed by atoms with Gasteiger partial charge >= 0.3 is 24.3 Å². The minimum Gasteiger partial charge on any atom is -0.494 e. The quantitative estimate of drug-likeness (QED) is 0.0409. The van der Waals surface area contributed by atoms with Crippen molar-refractivity contribution in [1.29, 1.82) is 0 Å². The highest BCUT2D eigenvalue weighted by Gasteiger charge is 2.39. The van der Waals surface area contributed by atoms with Crippen molar-refractivity contribution < 1.29 is 65.2 Å². The second kappa shape index (κ2) is 28.7. The number of benzene rings is 3. The van der Waals surface area contributed by atoms with E-state index in [9.17, 15) is 35.9 Å². The van der Waals surface area contributed by atoms with Crippen LogP contribution in [0.5, 0.6) is 11.5 Å². The Balaban J connectivity index is 0.00000117. The van der Waals surface area contributed by atoms with Gasteiger partial charge in [0.05, 0.1) is 32.1 Å². The van der Waals surface area contributed by atoms with Crippen LogP contribution < -0.4 is 30.7 Å². The van der Waals surface area contributed by atoms with Crippen molar-refractivity contribution in [2.75, 3.05) is 40.4 Å². The lowest BCUT2D eigenvalue weighted by atomic mass is 10.1. The van der Waals surface area contributed by atoms with Crippen LogP contribution in [0.25, 0.3) is 12.2 Å². The maximum Gasteiger partial charge on any atom is 0.490 e. The molecule has 0 heterocycles. The van der Waals surface area contributed by atoms with E-state index in [4.69, 9.17) is 29.3 Å². The number of amides is 2. The Morgan fingerprint density at radius 1 is 0.597 bits per heavy atom. The molecule has 2 amide bonds. The zero-order chi connectivity index (χ0) is 47.2. The Labute approximate surface area is 402 Å². The first-order valence-electron chi connectivity index (χ1n) is 17.4. The molecule has 0 fully saturated rings. The van der Waals surface area contributed by atoms with Gasteiger partial charge in [-0.2, -0.15) is 26.3 Å². The lowest BCUT2D eigenvalue weighted by Gasteiger charge is -2.11. The Morgan fingerprint density at radius 2 is 0.935 bits per heavy atom. The van der Waals surface area contributed by atoms with E-state index in [-0.39, 0.29) is 11.8 Å². The van der Waals surface area contributed by atoms with Crippen molar-refractivity contribution in [2.45, 2.75) is 38.3 Å². The third-order valence-corrected chi connectivity index (χ3v) is 11.4. The number of carboxylic acids is 2. The van der Waals surface area contributed by atoms with Gasteiger partial charge in [0.2, 0.25) is 11.8 Å². The van der Waals surface area contributed by atoms with Crippen LogP contribution in [-0.4, -0.2) is 86.7 Å². The van der Waals surface area contributed by atoms with Crippen LogP contribution in [0.4, 0.5) is 26.3 Å². The normalized spacial score (nSPS) is 11.3. The molecule has 0 spiro atoms. The lowest BCUT2D eigenvalue weighted by molar-refractivity contribution is -0.193. The van der Waals surface area contributed by atoms with Crippen molar-refractivity contribution in [3.63, 3.8) is 0 Å². The molecule has 3 aromatic rings. The summed E-state index contributed by atoms with van der Waals surface area (Å²) in [5.41, 5.74) is 4.03.